The van der Waals surface area contributed by atoms with Crippen molar-refractivity contribution in [3.05, 3.63) is 48.6 Å². The number of allylic oxidation sites excluding steroid dienone is 1. The first-order chi connectivity index (χ1) is 8.08. The van der Waals surface area contributed by atoms with Gasteiger partial charge in [0.25, 0.3) is 0 Å². The van der Waals surface area contributed by atoms with Crippen LogP contribution in [0.2, 0.25) is 0 Å². The predicted octanol–water partition coefficient (Wildman–Crippen LogP) is 1.75. The van der Waals surface area contributed by atoms with Gasteiger partial charge in [0.1, 0.15) is 0 Å². The third-order valence-electron chi connectivity index (χ3n) is 1.85. The van der Waals surface area contributed by atoms with Crippen LogP contribution < -0.4 is 0 Å². The van der Waals surface area contributed by atoms with Crippen LogP contribution in [0, 0.1) is 19.7 Å². The Hall–Kier alpha value is 6.47. The van der Waals surface area contributed by atoms with E-state index < -0.39 is 0 Å². The Morgan fingerprint density at radius 1 is 0.840 bits per heavy atom. The smallest absolute Gasteiger partial charge is 0 e. The van der Waals surface area contributed by atoms with Crippen molar-refractivity contribution in [1.29, 1.82) is 0 Å². The van der Waals surface area contributed by atoms with Crippen molar-refractivity contribution in [2.75, 3.05) is 0 Å². The second-order valence-electron chi connectivity index (χ2n) is 2.99. The van der Waals surface area contributed by atoms with Crippen molar-refractivity contribution in [2.24, 2.45) is 20.0 Å². The molecule has 0 aliphatic carbocycles. The molecule has 25 heavy (non-hydrogen) atoms. The number of hydrogen-bond donors (Lipinski definition) is 0. The summed E-state index contributed by atoms with van der Waals surface area (Å²) in [5, 5.41) is 0. The first kappa shape index (κ1) is 53.0. The molecule has 0 N–H and O–H groups in total. The number of aliphatic imine (C=N–C) groups is 4. The van der Waals surface area contributed by atoms with Crippen molar-refractivity contribution in [2.45, 2.75) is 6.42 Å². The number of nitrogens with zero attached hydrogens (tertiary/aromatic N) is 4. The molecule has 1 rings (SSSR count). The molecule has 0 spiro atoms. The Morgan fingerprint density at radius 3 is 1.72 bits per heavy atom. The average Bonchev–Trinajstić information content (AvgIpc) is 2.82. The molecule has 12 heteroatoms. The SMILES string of the molecule is [CH-]=NC(=[CH-])C(=[CH-])N=[C-]C1=NC(C(=[CH-])N=[CH-])=CC1.[Y].[Y].[Y].[Y].[Y].[Y].[Y].[Y]. The average molecular weight is 931 g/mol. The molecule has 1 aliphatic rings. The Kier molecular flexibility index (Phi) is 69.3. The van der Waals surface area contributed by atoms with Crippen molar-refractivity contribution < 1.29 is 262 Å². The Bertz CT molecular complexity index is 512. The van der Waals surface area contributed by atoms with Crippen LogP contribution in [0.15, 0.2) is 48.8 Å². The van der Waals surface area contributed by atoms with Crippen LogP contribution in [-0.2, 0) is 262 Å². The fourth-order valence-electron chi connectivity index (χ4n) is 0.977. The fraction of sp³-hybridized carbons (Fsp3) is 0.0769. The van der Waals surface area contributed by atoms with Crippen LogP contribution in [0.5, 0.6) is 0 Å². The van der Waals surface area contributed by atoms with E-state index in [2.05, 4.69) is 26.2 Å². The molecular weight excluding hydrogens is 923 g/mol. The van der Waals surface area contributed by atoms with Gasteiger partial charge in [0, 0.05) is 262 Å². The topological polar surface area (TPSA) is 49.4 Å². The van der Waals surface area contributed by atoms with E-state index >= 15 is 0 Å². The van der Waals surface area contributed by atoms with E-state index in [9.17, 15) is 0 Å². The van der Waals surface area contributed by atoms with E-state index in [1.165, 1.54) is 0 Å². The van der Waals surface area contributed by atoms with Gasteiger partial charge in [-0.2, -0.15) is 25.2 Å². The summed E-state index contributed by atoms with van der Waals surface area (Å²) in [7, 11) is 0. The molecule has 0 aromatic rings. The van der Waals surface area contributed by atoms with E-state index in [0.717, 1.165) is 0 Å². The molecule has 8 radical (unpaired) electrons. The minimum Gasteiger partial charge on any atom is -0.497 e. The molecular formula is C13H8N4Y8-6. The third kappa shape index (κ3) is 23.4. The summed E-state index contributed by atoms with van der Waals surface area (Å²) in [5.74, 6) is 0. The first-order valence-electron chi connectivity index (χ1n) is 4.52. The molecule has 1 heterocycles. The van der Waals surface area contributed by atoms with Crippen molar-refractivity contribution in [3.8, 4) is 0 Å². The molecule has 4 nitrogen and oxygen atoms in total. The van der Waals surface area contributed by atoms with Crippen LogP contribution in [0.4, 0.5) is 0 Å². The van der Waals surface area contributed by atoms with Crippen LogP contribution >= 0.6 is 0 Å². The van der Waals surface area contributed by atoms with E-state index in [4.69, 9.17) is 33.2 Å². The summed E-state index contributed by atoms with van der Waals surface area (Å²) >= 11 is 0. The maximum atomic E-state index is 5.47. The first-order valence-corrected chi connectivity index (χ1v) is 4.52. The normalized spacial score (nSPS) is 9.60. The minimum atomic E-state index is -0.0766. The van der Waals surface area contributed by atoms with Crippen LogP contribution in [0.25, 0.3) is 0 Å². The summed E-state index contributed by atoms with van der Waals surface area (Å²) in [5.41, 5.74) is 1.03. The summed E-state index contributed by atoms with van der Waals surface area (Å²) in [6.07, 6.45) is 4.84. The molecule has 110 valence electrons. The number of hydrogen-bond acceptors (Lipinski definition) is 4. The zero-order valence-electron chi connectivity index (χ0n) is 13.6. The van der Waals surface area contributed by atoms with Gasteiger partial charge in [-0.3, -0.25) is 17.1 Å². The van der Waals surface area contributed by atoms with Gasteiger partial charge in [-0.05, 0) is 6.42 Å². The van der Waals surface area contributed by atoms with Crippen LogP contribution in [0.3, 0.4) is 0 Å². The largest absolute Gasteiger partial charge is 0.497 e. The maximum Gasteiger partial charge on any atom is 0 e. The maximum absolute atomic E-state index is 5.47. The molecule has 0 fully saturated rings. The van der Waals surface area contributed by atoms with Gasteiger partial charge in [-0.15, -0.1) is 6.21 Å². The van der Waals surface area contributed by atoms with Gasteiger partial charge >= 0.3 is 0 Å². The number of rotatable bonds is 6. The van der Waals surface area contributed by atoms with Gasteiger partial charge in [-0.1, -0.05) is 5.71 Å². The Labute approximate surface area is 352 Å². The molecule has 0 amide bonds. The summed E-state index contributed by atoms with van der Waals surface area (Å²) < 4.78 is 0. The molecule has 1 aliphatic heterocycles. The van der Waals surface area contributed by atoms with Crippen molar-refractivity contribution >= 4 is 25.4 Å². The van der Waals surface area contributed by atoms with Crippen molar-refractivity contribution in [1.82, 2.24) is 0 Å². The Balaban J connectivity index is -0.0000000602. The summed E-state index contributed by atoms with van der Waals surface area (Å²) in [4.78, 5) is 14.3. The van der Waals surface area contributed by atoms with E-state index in [0.29, 0.717) is 17.8 Å². The second-order valence-corrected chi connectivity index (χ2v) is 2.99. The predicted molar refractivity (Wildman–Crippen MR) is 68.0 cm³/mol. The van der Waals surface area contributed by atoms with Gasteiger partial charge in [0.05, 0.1) is 0 Å². The van der Waals surface area contributed by atoms with Crippen LogP contribution in [-0.4, -0.2) is 25.4 Å². The molecule has 0 atom stereocenters. The molecule has 0 aromatic heterocycles. The summed E-state index contributed by atoms with van der Waals surface area (Å²) in [6.45, 7) is 26.2. The second kappa shape index (κ2) is 32.6. The van der Waals surface area contributed by atoms with Gasteiger partial charge in [-0.25, -0.2) is 0 Å². The molecule has 0 aromatic carbocycles. The quantitative estimate of drug-likeness (QED) is 0.222. The molecule has 0 saturated heterocycles. The van der Waals surface area contributed by atoms with E-state index in [-0.39, 0.29) is 279 Å². The third-order valence-corrected chi connectivity index (χ3v) is 1.85. The molecule has 0 saturated carbocycles. The molecule has 0 unspecified atom stereocenters. The molecule has 0 bridgehead atoms. The zero-order valence-corrected chi connectivity index (χ0v) is 36.3. The van der Waals surface area contributed by atoms with E-state index in [1.54, 1.807) is 6.08 Å². The Morgan fingerprint density at radius 2 is 1.32 bits per heavy atom. The monoisotopic (exact) mass is 931 g/mol. The minimum absolute atomic E-state index is 0. The summed E-state index contributed by atoms with van der Waals surface area (Å²) in [6, 6.07) is 0. The van der Waals surface area contributed by atoms with Gasteiger partial charge in [0.15, 0.2) is 0 Å². The van der Waals surface area contributed by atoms with Gasteiger partial charge < -0.3 is 39.7 Å². The van der Waals surface area contributed by atoms with E-state index in [1.807, 2.05) is 0 Å². The zero-order chi connectivity index (χ0) is 12.8. The van der Waals surface area contributed by atoms with Gasteiger partial charge in [0.2, 0.25) is 0 Å². The van der Waals surface area contributed by atoms with Crippen LogP contribution in [0.1, 0.15) is 6.42 Å². The fourth-order valence-corrected chi connectivity index (χ4v) is 0.977. The standard InChI is InChI=1S/C13H8N4.8Y/c1-9(14-4)10(2)16-8-12-6-7-13(17-12)11(3)15-5;;;;;;;;/h1-5,7H,6H2;;;;;;;;/q-6;;;;;;;;. The van der Waals surface area contributed by atoms with Crippen molar-refractivity contribution in [3.63, 3.8) is 0 Å².